The van der Waals surface area contributed by atoms with Crippen molar-refractivity contribution in [2.75, 3.05) is 32.7 Å². The molecule has 0 saturated carbocycles. The Morgan fingerprint density at radius 3 is 2.67 bits per heavy atom. The molecule has 2 saturated heterocycles. The number of halogens is 3. The molecule has 2 heterocycles. The normalized spacial score (nSPS) is 30.3. The molecule has 4 nitrogen and oxygen atoms in total. The topological polar surface area (TPSA) is 44.4 Å². The highest BCUT2D eigenvalue weighted by Gasteiger charge is 2.43. The van der Waals surface area contributed by atoms with E-state index in [0.717, 1.165) is 6.54 Å². The fourth-order valence-electron chi connectivity index (χ4n) is 2.49. The van der Waals surface area contributed by atoms with Gasteiger partial charge in [0.1, 0.15) is 0 Å². The maximum Gasteiger partial charge on any atom is 0.393 e. The molecule has 2 fully saturated rings. The molecule has 2 aliphatic heterocycles. The maximum absolute atomic E-state index is 12.7. The number of piperidine rings is 1. The Balaban J connectivity index is 1.93. The van der Waals surface area contributed by atoms with Gasteiger partial charge in [-0.3, -0.25) is 4.79 Å². The van der Waals surface area contributed by atoms with Crippen LogP contribution in [-0.2, 0) is 4.79 Å². The van der Waals surface area contributed by atoms with Crippen molar-refractivity contribution in [2.24, 2.45) is 5.92 Å². The summed E-state index contributed by atoms with van der Waals surface area (Å²) >= 11 is 0. The third kappa shape index (κ3) is 3.14. The number of rotatable bonds is 1. The molecule has 0 aromatic heterocycles. The molecule has 1 amide bonds. The predicted octanol–water partition coefficient (Wildman–Crippen LogP) is 0.349. The highest BCUT2D eigenvalue weighted by Crippen LogP contribution is 2.33. The van der Waals surface area contributed by atoms with Gasteiger partial charge in [-0.25, -0.2) is 0 Å². The van der Waals surface area contributed by atoms with Gasteiger partial charge in [0.2, 0.25) is 5.91 Å². The predicted molar refractivity (Wildman–Crippen MR) is 60.0 cm³/mol. The summed E-state index contributed by atoms with van der Waals surface area (Å²) in [5.41, 5.74) is 0. The van der Waals surface area contributed by atoms with Crippen molar-refractivity contribution < 1.29 is 18.0 Å². The van der Waals surface area contributed by atoms with Crippen molar-refractivity contribution in [3.8, 4) is 0 Å². The maximum atomic E-state index is 12.7. The monoisotopic (exact) mass is 265 g/mol. The molecule has 7 heteroatoms. The summed E-state index contributed by atoms with van der Waals surface area (Å²) < 4.78 is 38.0. The van der Waals surface area contributed by atoms with E-state index < -0.39 is 12.1 Å². The second kappa shape index (κ2) is 5.44. The van der Waals surface area contributed by atoms with Crippen molar-refractivity contribution in [1.29, 1.82) is 0 Å². The summed E-state index contributed by atoms with van der Waals surface area (Å²) in [6.45, 7) is 2.19. The average Bonchev–Trinajstić information content (AvgIpc) is 2.38. The summed E-state index contributed by atoms with van der Waals surface area (Å²) in [6.07, 6.45) is -3.64. The molecule has 2 unspecified atom stereocenters. The standard InChI is InChI=1S/C11H18F3N3O/c12-11(13,14)8-2-1-5-17(7-8)10(18)9-6-15-3-4-16-9/h8-9,15-16H,1-7H2. The molecule has 2 N–H and O–H groups in total. The minimum absolute atomic E-state index is 0.129. The molecule has 18 heavy (non-hydrogen) atoms. The lowest BCUT2D eigenvalue weighted by molar-refractivity contribution is -0.188. The van der Waals surface area contributed by atoms with Crippen LogP contribution in [0.25, 0.3) is 0 Å². The smallest absolute Gasteiger partial charge is 0.341 e. The van der Waals surface area contributed by atoms with Gasteiger partial charge in [0.05, 0.1) is 12.0 Å². The van der Waals surface area contributed by atoms with E-state index in [1.165, 1.54) is 4.90 Å². The summed E-state index contributed by atoms with van der Waals surface area (Å²) in [7, 11) is 0. The van der Waals surface area contributed by atoms with E-state index in [-0.39, 0.29) is 24.9 Å². The largest absolute Gasteiger partial charge is 0.393 e. The molecule has 2 rings (SSSR count). The second-order valence-electron chi connectivity index (χ2n) is 4.88. The Labute approximate surface area is 104 Å². The number of amides is 1. The van der Waals surface area contributed by atoms with Gasteiger partial charge in [0.15, 0.2) is 0 Å². The van der Waals surface area contributed by atoms with Crippen LogP contribution in [0.1, 0.15) is 12.8 Å². The molecule has 104 valence electrons. The number of nitrogens with zero attached hydrogens (tertiary/aromatic N) is 1. The summed E-state index contributed by atoms with van der Waals surface area (Å²) in [5, 5.41) is 6.10. The number of hydrogen-bond acceptors (Lipinski definition) is 3. The zero-order valence-electron chi connectivity index (χ0n) is 10.1. The van der Waals surface area contributed by atoms with Crippen LogP contribution in [0.15, 0.2) is 0 Å². The lowest BCUT2D eigenvalue weighted by Crippen LogP contribution is -2.58. The van der Waals surface area contributed by atoms with Gasteiger partial charge in [-0.15, -0.1) is 0 Å². The molecule has 2 atom stereocenters. The Morgan fingerprint density at radius 1 is 1.28 bits per heavy atom. The van der Waals surface area contributed by atoms with Gasteiger partial charge in [0, 0.05) is 32.7 Å². The van der Waals surface area contributed by atoms with Crippen molar-refractivity contribution >= 4 is 5.91 Å². The minimum Gasteiger partial charge on any atom is -0.341 e. The molecule has 0 spiro atoms. The fourth-order valence-corrected chi connectivity index (χ4v) is 2.49. The van der Waals surface area contributed by atoms with Crippen LogP contribution >= 0.6 is 0 Å². The molecule has 0 aromatic rings. The third-order valence-electron chi connectivity index (χ3n) is 3.54. The molecule has 0 aliphatic carbocycles. The van der Waals surface area contributed by atoms with E-state index in [1.807, 2.05) is 0 Å². The first-order chi connectivity index (χ1) is 8.48. The number of likely N-dealkylation sites (tertiary alicyclic amines) is 1. The van der Waals surface area contributed by atoms with E-state index in [9.17, 15) is 18.0 Å². The number of hydrogen-bond donors (Lipinski definition) is 2. The molecular formula is C11H18F3N3O. The van der Waals surface area contributed by atoms with Gasteiger partial charge < -0.3 is 15.5 Å². The molecular weight excluding hydrogens is 247 g/mol. The highest BCUT2D eigenvalue weighted by molar-refractivity contribution is 5.82. The average molecular weight is 265 g/mol. The van der Waals surface area contributed by atoms with Gasteiger partial charge in [0.25, 0.3) is 0 Å². The van der Waals surface area contributed by atoms with Crippen molar-refractivity contribution in [1.82, 2.24) is 15.5 Å². The highest BCUT2D eigenvalue weighted by atomic mass is 19.4. The number of carbonyl (C=O) groups excluding carboxylic acids is 1. The van der Waals surface area contributed by atoms with Gasteiger partial charge in [-0.1, -0.05) is 0 Å². The molecule has 0 bridgehead atoms. The first-order valence-electron chi connectivity index (χ1n) is 6.28. The third-order valence-corrected chi connectivity index (χ3v) is 3.54. The molecule has 0 radical (unpaired) electrons. The summed E-state index contributed by atoms with van der Waals surface area (Å²) in [5.74, 6) is -1.58. The second-order valence-corrected chi connectivity index (χ2v) is 4.88. The quantitative estimate of drug-likeness (QED) is 0.719. The Hall–Kier alpha value is -0.820. The van der Waals surface area contributed by atoms with Crippen LogP contribution in [0.4, 0.5) is 13.2 Å². The summed E-state index contributed by atoms with van der Waals surface area (Å²) in [6, 6.07) is -0.384. The summed E-state index contributed by atoms with van der Waals surface area (Å²) in [4.78, 5) is 13.4. The Morgan fingerprint density at radius 2 is 2.06 bits per heavy atom. The van der Waals surface area contributed by atoms with E-state index in [0.29, 0.717) is 26.1 Å². The van der Waals surface area contributed by atoms with Crippen molar-refractivity contribution in [2.45, 2.75) is 25.1 Å². The van der Waals surface area contributed by atoms with Crippen LogP contribution in [0, 0.1) is 5.92 Å². The van der Waals surface area contributed by atoms with E-state index in [4.69, 9.17) is 0 Å². The number of nitrogens with one attached hydrogen (secondary N) is 2. The van der Waals surface area contributed by atoms with Gasteiger partial charge in [-0.2, -0.15) is 13.2 Å². The van der Waals surface area contributed by atoms with E-state index >= 15 is 0 Å². The molecule has 2 aliphatic rings. The van der Waals surface area contributed by atoms with E-state index in [1.54, 1.807) is 0 Å². The SMILES string of the molecule is O=C(C1CNCCN1)N1CCCC(C(F)(F)F)C1. The van der Waals surface area contributed by atoms with Crippen molar-refractivity contribution in [3.63, 3.8) is 0 Å². The van der Waals surface area contributed by atoms with Crippen LogP contribution in [0.2, 0.25) is 0 Å². The first-order valence-corrected chi connectivity index (χ1v) is 6.28. The zero-order valence-corrected chi connectivity index (χ0v) is 10.1. The van der Waals surface area contributed by atoms with Gasteiger partial charge >= 0.3 is 6.18 Å². The zero-order chi connectivity index (χ0) is 13.2. The van der Waals surface area contributed by atoms with Crippen LogP contribution in [0.3, 0.4) is 0 Å². The Bertz CT molecular complexity index is 302. The minimum atomic E-state index is -4.20. The van der Waals surface area contributed by atoms with Crippen LogP contribution in [-0.4, -0.2) is 55.7 Å². The lowest BCUT2D eigenvalue weighted by Gasteiger charge is -2.36. The number of alkyl halides is 3. The lowest BCUT2D eigenvalue weighted by atomic mass is 9.97. The van der Waals surface area contributed by atoms with Crippen LogP contribution < -0.4 is 10.6 Å². The molecule has 0 aromatic carbocycles. The first kappa shape index (κ1) is 13.6. The number of piperazine rings is 1. The van der Waals surface area contributed by atoms with Crippen molar-refractivity contribution in [3.05, 3.63) is 0 Å². The van der Waals surface area contributed by atoms with Gasteiger partial charge in [-0.05, 0) is 12.8 Å². The number of carbonyl (C=O) groups is 1. The Kier molecular flexibility index (Phi) is 4.11. The van der Waals surface area contributed by atoms with E-state index in [2.05, 4.69) is 10.6 Å². The van der Waals surface area contributed by atoms with Crippen LogP contribution in [0.5, 0.6) is 0 Å². The fraction of sp³-hybridized carbons (Fsp3) is 0.909.